The van der Waals surface area contributed by atoms with Crippen LogP contribution in [-0.4, -0.2) is 29.3 Å². The van der Waals surface area contributed by atoms with Crippen LogP contribution in [0, 0.1) is 0 Å². The number of sulfonamides is 1. The third kappa shape index (κ3) is 5.09. The summed E-state index contributed by atoms with van der Waals surface area (Å²) in [6, 6.07) is 15.1. The third-order valence-electron chi connectivity index (χ3n) is 4.32. The number of benzene rings is 2. The van der Waals surface area contributed by atoms with Crippen molar-refractivity contribution in [1.29, 1.82) is 0 Å². The number of carbonyl (C=O) groups excluding carboxylic acids is 1. The van der Waals surface area contributed by atoms with Gasteiger partial charge in [0.05, 0.1) is 4.90 Å². The number of rotatable bonds is 6. The molecule has 2 N–H and O–H groups in total. The van der Waals surface area contributed by atoms with E-state index in [9.17, 15) is 13.2 Å². The van der Waals surface area contributed by atoms with Gasteiger partial charge >= 0.3 is 0 Å². The van der Waals surface area contributed by atoms with E-state index >= 15 is 0 Å². The van der Waals surface area contributed by atoms with Crippen LogP contribution in [0.15, 0.2) is 90.4 Å². The second kappa shape index (κ2) is 8.72. The fourth-order valence-corrected chi connectivity index (χ4v) is 3.77. The first-order valence-electron chi connectivity index (χ1n) is 9.22. The number of pyridine rings is 1. The topological polar surface area (TPSA) is 114 Å². The van der Waals surface area contributed by atoms with Crippen molar-refractivity contribution >= 4 is 44.4 Å². The summed E-state index contributed by atoms with van der Waals surface area (Å²) in [7, 11) is -3.83. The molecule has 8 nitrogen and oxygen atoms in total. The van der Waals surface area contributed by atoms with Gasteiger partial charge in [-0.05, 0) is 59.5 Å². The Hall–Kier alpha value is -4.11. The summed E-state index contributed by atoms with van der Waals surface area (Å²) in [5, 5.41) is 4.75. The molecule has 0 aliphatic heterocycles. The van der Waals surface area contributed by atoms with Crippen molar-refractivity contribution in [3.63, 3.8) is 0 Å². The maximum absolute atomic E-state index is 12.4. The van der Waals surface area contributed by atoms with E-state index in [1.54, 1.807) is 24.5 Å². The van der Waals surface area contributed by atoms with Gasteiger partial charge in [-0.3, -0.25) is 9.78 Å². The number of hydrogen-bond donors (Lipinski definition) is 2. The van der Waals surface area contributed by atoms with Gasteiger partial charge in [0.2, 0.25) is 11.9 Å². The lowest BCUT2D eigenvalue weighted by atomic mass is 10.1. The summed E-state index contributed by atoms with van der Waals surface area (Å²) in [5.74, 6) is -0.351. The van der Waals surface area contributed by atoms with Crippen LogP contribution < -0.4 is 10.0 Å². The molecule has 0 bridgehead atoms. The number of nitrogens with zero attached hydrogens (tertiary/aromatic N) is 3. The summed E-state index contributed by atoms with van der Waals surface area (Å²) in [5.41, 5.74) is 1.35. The van der Waals surface area contributed by atoms with Gasteiger partial charge in [0.15, 0.2) is 0 Å². The van der Waals surface area contributed by atoms with Gasteiger partial charge in [0, 0.05) is 41.9 Å². The predicted molar refractivity (Wildman–Crippen MR) is 119 cm³/mol. The number of hydrogen-bond acceptors (Lipinski definition) is 6. The van der Waals surface area contributed by atoms with E-state index in [2.05, 4.69) is 25.0 Å². The van der Waals surface area contributed by atoms with Gasteiger partial charge in [-0.1, -0.05) is 12.1 Å². The average Bonchev–Trinajstić information content (AvgIpc) is 2.78. The van der Waals surface area contributed by atoms with Gasteiger partial charge in [0.25, 0.3) is 10.0 Å². The second-order valence-corrected chi connectivity index (χ2v) is 8.19. The largest absolute Gasteiger partial charge is 0.323 e. The van der Waals surface area contributed by atoms with Crippen LogP contribution in [-0.2, 0) is 14.8 Å². The van der Waals surface area contributed by atoms with Crippen LogP contribution in [0.1, 0.15) is 5.56 Å². The highest BCUT2D eigenvalue weighted by Crippen LogP contribution is 2.17. The molecule has 0 aliphatic rings. The number of carbonyl (C=O) groups is 1. The van der Waals surface area contributed by atoms with Crippen molar-refractivity contribution in [2.75, 3.05) is 10.0 Å². The Morgan fingerprint density at radius 1 is 0.903 bits per heavy atom. The van der Waals surface area contributed by atoms with Gasteiger partial charge in [-0.25, -0.2) is 23.1 Å². The number of amides is 1. The lowest BCUT2D eigenvalue weighted by Gasteiger charge is -2.07. The summed E-state index contributed by atoms with van der Waals surface area (Å²) in [4.78, 5) is 24.0. The molecule has 9 heteroatoms. The fourth-order valence-electron chi connectivity index (χ4n) is 2.81. The quantitative estimate of drug-likeness (QED) is 0.452. The molecule has 2 aromatic carbocycles. The molecule has 0 radical (unpaired) electrons. The molecule has 4 rings (SSSR count). The van der Waals surface area contributed by atoms with Crippen LogP contribution in [0.25, 0.3) is 16.8 Å². The molecule has 154 valence electrons. The molecule has 1 amide bonds. The van der Waals surface area contributed by atoms with Crippen molar-refractivity contribution in [3.05, 3.63) is 91.0 Å². The third-order valence-corrected chi connectivity index (χ3v) is 5.66. The zero-order chi connectivity index (χ0) is 21.7. The predicted octanol–water partition coefficient (Wildman–Crippen LogP) is 3.48. The normalized spacial score (nSPS) is 11.5. The van der Waals surface area contributed by atoms with Crippen molar-refractivity contribution in [2.45, 2.75) is 4.90 Å². The molecule has 2 aromatic heterocycles. The van der Waals surface area contributed by atoms with E-state index in [-0.39, 0.29) is 16.8 Å². The Labute approximate surface area is 178 Å². The van der Waals surface area contributed by atoms with Crippen LogP contribution in [0.4, 0.5) is 11.6 Å². The number of fused-ring (bicyclic) bond motifs is 1. The molecule has 0 unspecified atom stereocenters. The van der Waals surface area contributed by atoms with Gasteiger partial charge in [-0.2, -0.15) is 0 Å². The Morgan fingerprint density at radius 2 is 1.68 bits per heavy atom. The first-order valence-corrected chi connectivity index (χ1v) is 10.7. The summed E-state index contributed by atoms with van der Waals surface area (Å²) >= 11 is 0. The summed E-state index contributed by atoms with van der Waals surface area (Å²) in [6.07, 6.45) is 9.49. The SMILES string of the molecule is O=C(C=Cc1ccc2cnccc2c1)Nc1ccc(S(=O)(=O)Nc2ncccn2)cc1. The molecule has 0 fully saturated rings. The molecule has 2 heterocycles. The van der Waals surface area contributed by atoms with E-state index in [0.29, 0.717) is 5.69 Å². The number of nitrogens with one attached hydrogen (secondary N) is 2. The molecule has 0 aliphatic carbocycles. The highest BCUT2D eigenvalue weighted by Gasteiger charge is 2.15. The maximum Gasteiger partial charge on any atom is 0.264 e. The van der Waals surface area contributed by atoms with Crippen LogP contribution >= 0.6 is 0 Å². The second-order valence-electron chi connectivity index (χ2n) is 6.51. The smallest absolute Gasteiger partial charge is 0.264 e. The van der Waals surface area contributed by atoms with Crippen molar-refractivity contribution in [1.82, 2.24) is 15.0 Å². The van der Waals surface area contributed by atoms with Crippen molar-refractivity contribution in [3.8, 4) is 0 Å². The minimum Gasteiger partial charge on any atom is -0.323 e. The number of aromatic nitrogens is 3. The first kappa shape index (κ1) is 20.2. The highest BCUT2D eigenvalue weighted by molar-refractivity contribution is 7.92. The van der Waals surface area contributed by atoms with E-state index < -0.39 is 10.0 Å². The Bertz CT molecular complexity index is 1360. The van der Waals surface area contributed by atoms with Gasteiger partial charge < -0.3 is 5.32 Å². The van der Waals surface area contributed by atoms with E-state index in [1.807, 2.05) is 24.3 Å². The minimum absolute atomic E-state index is 0.0185. The van der Waals surface area contributed by atoms with E-state index in [4.69, 9.17) is 0 Å². The van der Waals surface area contributed by atoms with E-state index in [1.165, 1.54) is 42.7 Å². The molecule has 0 atom stereocenters. The fraction of sp³-hybridized carbons (Fsp3) is 0. The van der Waals surface area contributed by atoms with Crippen molar-refractivity contribution in [2.24, 2.45) is 0 Å². The highest BCUT2D eigenvalue weighted by atomic mass is 32.2. The summed E-state index contributed by atoms with van der Waals surface area (Å²) in [6.45, 7) is 0. The molecular weight excluding hydrogens is 414 g/mol. The molecule has 0 spiro atoms. The van der Waals surface area contributed by atoms with E-state index in [0.717, 1.165) is 16.3 Å². The Balaban J connectivity index is 1.41. The molecule has 4 aromatic rings. The lowest BCUT2D eigenvalue weighted by Crippen LogP contribution is -2.15. The Morgan fingerprint density at radius 3 is 2.45 bits per heavy atom. The first-order chi connectivity index (χ1) is 15.0. The average molecular weight is 431 g/mol. The zero-order valence-corrected chi connectivity index (χ0v) is 17.0. The van der Waals surface area contributed by atoms with Crippen LogP contribution in [0.5, 0.6) is 0 Å². The molecular formula is C22H17N5O3S. The minimum atomic E-state index is -3.83. The van der Waals surface area contributed by atoms with Crippen LogP contribution in [0.2, 0.25) is 0 Å². The zero-order valence-electron chi connectivity index (χ0n) is 16.1. The lowest BCUT2D eigenvalue weighted by molar-refractivity contribution is -0.111. The Kier molecular flexibility index (Phi) is 5.67. The van der Waals surface area contributed by atoms with Gasteiger partial charge in [0.1, 0.15) is 0 Å². The summed E-state index contributed by atoms with van der Waals surface area (Å²) < 4.78 is 27.1. The van der Waals surface area contributed by atoms with Crippen molar-refractivity contribution < 1.29 is 13.2 Å². The molecule has 0 saturated carbocycles. The van der Waals surface area contributed by atoms with Crippen LogP contribution in [0.3, 0.4) is 0 Å². The molecule has 31 heavy (non-hydrogen) atoms. The number of anilines is 2. The maximum atomic E-state index is 12.4. The monoisotopic (exact) mass is 431 g/mol. The standard InChI is InChI=1S/C22H17N5O3S/c28-21(9-3-16-2-4-18-15-23-13-10-17(18)14-16)26-19-5-7-20(8-6-19)31(29,30)27-22-24-11-1-12-25-22/h1-15H,(H,26,28)(H,24,25,27). The molecule has 0 saturated heterocycles. The van der Waals surface area contributed by atoms with Gasteiger partial charge in [-0.15, -0.1) is 0 Å².